The molecule has 3 unspecified atom stereocenters. The van der Waals surface area contributed by atoms with Gasteiger partial charge in [-0.25, -0.2) is 0 Å². The molecule has 0 saturated heterocycles. The van der Waals surface area contributed by atoms with Crippen LogP contribution in [0.2, 0.25) is 0 Å². The van der Waals surface area contributed by atoms with Crippen molar-refractivity contribution < 1.29 is 16.7 Å². The first-order valence-corrected chi connectivity index (χ1v) is 11.0. The van der Waals surface area contributed by atoms with Gasteiger partial charge in [-0.3, -0.25) is 0 Å². The molecule has 4 nitrogen and oxygen atoms in total. The zero-order chi connectivity index (χ0) is 15.2. The first kappa shape index (κ1) is 21.2. The second-order valence-corrected chi connectivity index (χ2v) is 6.19. The summed E-state index contributed by atoms with van der Waals surface area (Å²) in [6, 6.07) is 0. The average Bonchev–Trinajstić information content (AvgIpc) is 2.42. The van der Waals surface area contributed by atoms with Crippen LogP contribution in [0, 0.1) is 0 Å². The Morgan fingerprint density at radius 2 is 1.40 bits per heavy atom. The van der Waals surface area contributed by atoms with Crippen LogP contribution in [-0.2, 0) is 16.7 Å². The van der Waals surface area contributed by atoms with Gasteiger partial charge >= 0.3 is 0 Å². The van der Waals surface area contributed by atoms with Crippen molar-refractivity contribution in [2.45, 2.75) is 44.5 Å². The molecule has 0 radical (unpaired) electrons. The van der Waals surface area contributed by atoms with Gasteiger partial charge in [0.25, 0.3) is 0 Å². The molecule has 0 aliphatic carbocycles. The highest BCUT2D eigenvalue weighted by atomic mass is 32.2. The average molecular weight is 363 g/mol. The highest BCUT2D eigenvalue weighted by molar-refractivity contribution is 7.94. The SMILES string of the molecule is CSOCCCC(OSC)C(CC(C)OSC)OSC. The molecule has 0 amide bonds. The largest absolute Gasteiger partial charge is 0.316 e. The van der Waals surface area contributed by atoms with E-state index in [9.17, 15) is 0 Å². The third-order valence-electron chi connectivity index (χ3n) is 2.51. The molecule has 3 atom stereocenters. The summed E-state index contributed by atoms with van der Waals surface area (Å²) >= 11 is 5.55. The Kier molecular flexibility index (Phi) is 16.1. The van der Waals surface area contributed by atoms with Crippen LogP contribution in [0.4, 0.5) is 0 Å². The van der Waals surface area contributed by atoms with Gasteiger partial charge in [0, 0.05) is 31.4 Å². The second kappa shape index (κ2) is 15.1. The lowest BCUT2D eigenvalue weighted by Gasteiger charge is -2.27. The highest BCUT2D eigenvalue weighted by Gasteiger charge is 2.26. The molecule has 122 valence electrons. The fraction of sp³-hybridized carbons (Fsp3) is 1.00. The van der Waals surface area contributed by atoms with Crippen LogP contribution in [0.15, 0.2) is 0 Å². The normalized spacial score (nSPS) is 16.1. The minimum atomic E-state index is 0.0221. The third-order valence-corrected chi connectivity index (χ3v) is 4.32. The molecule has 0 spiro atoms. The molecule has 0 bridgehead atoms. The summed E-state index contributed by atoms with van der Waals surface area (Å²) in [5, 5.41) is 0. The van der Waals surface area contributed by atoms with Crippen molar-refractivity contribution in [1.29, 1.82) is 0 Å². The summed E-state index contributed by atoms with van der Waals surface area (Å²) in [5.74, 6) is 0. The van der Waals surface area contributed by atoms with Gasteiger partial charge in [-0.2, -0.15) is 0 Å². The van der Waals surface area contributed by atoms with E-state index in [0.717, 1.165) is 25.9 Å². The van der Waals surface area contributed by atoms with E-state index in [2.05, 4.69) is 6.92 Å². The molecule has 8 heteroatoms. The van der Waals surface area contributed by atoms with Gasteiger partial charge in [-0.05, 0) is 67.9 Å². The fourth-order valence-corrected chi connectivity index (χ4v) is 3.36. The Labute approximate surface area is 141 Å². The Bertz CT molecular complexity index is 212. The lowest BCUT2D eigenvalue weighted by Crippen LogP contribution is -2.32. The maximum atomic E-state index is 5.77. The van der Waals surface area contributed by atoms with Crippen LogP contribution >= 0.6 is 48.2 Å². The van der Waals surface area contributed by atoms with Crippen molar-refractivity contribution in [3.63, 3.8) is 0 Å². The molecule has 0 aliphatic rings. The molecule has 0 fully saturated rings. The number of hydrogen-bond donors (Lipinski definition) is 0. The van der Waals surface area contributed by atoms with Gasteiger partial charge in [0.15, 0.2) is 0 Å². The van der Waals surface area contributed by atoms with Crippen molar-refractivity contribution in [2.75, 3.05) is 31.6 Å². The molecule has 0 rings (SSSR count). The summed E-state index contributed by atoms with van der Waals surface area (Å²) in [5.41, 5.74) is 0. The molecule has 20 heavy (non-hydrogen) atoms. The quantitative estimate of drug-likeness (QED) is 0.331. The topological polar surface area (TPSA) is 36.9 Å². The molecule has 0 aromatic carbocycles. The Morgan fingerprint density at radius 3 is 1.95 bits per heavy atom. The lowest BCUT2D eigenvalue weighted by atomic mass is 10.0. The zero-order valence-corrected chi connectivity index (χ0v) is 16.1. The first-order chi connectivity index (χ1) is 9.69. The Balaban J connectivity index is 4.34. The van der Waals surface area contributed by atoms with E-state index < -0.39 is 0 Å². The maximum Gasteiger partial charge on any atom is 0.102 e. The van der Waals surface area contributed by atoms with Gasteiger partial charge in [0.05, 0.1) is 18.8 Å². The van der Waals surface area contributed by atoms with Crippen LogP contribution < -0.4 is 0 Å². The van der Waals surface area contributed by atoms with Crippen molar-refractivity contribution in [2.24, 2.45) is 0 Å². The van der Waals surface area contributed by atoms with Gasteiger partial charge in [0.2, 0.25) is 0 Å². The predicted octanol–water partition coefficient (Wildman–Crippen LogP) is 4.46. The molecule has 0 heterocycles. The standard InChI is InChI=1S/C12H26O4S4/c1-10(14-18-3)9-12(16-20-5)11(15-19-4)7-6-8-13-17-2/h10-12H,6-9H2,1-5H3. The summed E-state index contributed by atoms with van der Waals surface area (Å²) in [6.07, 6.45) is 10.6. The molecule has 0 aromatic heterocycles. The van der Waals surface area contributed by atoms with Gasteiger partial charge in [-0.15, -0.1) is 0 Å². The molecule has 0 aliphatic heterocycles. The number of hydrogen-bond acceptors (Lipinski definition) is 8. The predicted molar refractivity (Wildman–Crippen MR) is 94.2 cm³/mol. The fourth-order valence-electron chi connectivity index (χ4n) is 1.75. The minimum Gasteiger partial charge on any atom is -0.316 e. The van der Waals surface area contributed by atoms with E-state index in [4.69, 9.17) is 16.7 Å². The Hall–Kier alpha value is 1.24. The van der Waals surface area contributed by atoms with Crippen molar-refractivity contribution in [3.05, 3.63) is 0 Å². The summed E-state index contributed by atoms with van der Waals surface area (Å²) in [7, 11) is 0. The van der Waals surface area contributed by atoms with Crippen molar-refractivity contribution >= 4 is 48.2 Å². The second-order valence-electron chi connectivity index (χ2n) is 4.04. The minimum absolute atomic E-state index is 0.0221. The monoisotopic (exact) mass is 362 g/mol. The van der Waals surface area contributed by atoms with Gasteiger partial charge in [-0.1, -0.05) is 0 Å². The smallest absolute Gasteiger partial charge is 0.102 e. The summed E-state index contributed by atoms with van der Waals surface area (Å²) < 4.78 is 22.4. The van der Waals surface area contributed by atoms with Crippen LogP contribution in [0.3, 0.4) is 0 Å². The number of rotatable bonds is 14. The summed E-state index contributed by atoms with van der Waals surface area (Å²) in [6.45, 7) is 2.79. The first-order valence-electron chi connectivity index (χ1n) is 6.43. The molecule has 0 N–H and O–H groups in total. The van der Waals surface area contributed by atoms with Gasteiger partial charge < -0.3 is 16.7 Å². The maximum absolute atomic E-state index is 5.77. The van der Waals surface area contributed by atoms with Gasteiger partial charge in [0.1, 0.15) is 6.10 Å². The van der Waals surface area contributed by atoms with Crippen LogP contribution in [-0.4, -0.2) is 49.9 Å². The van der Waals surface area contributed by atoms with Crippen LogP contribution in [0.5, 0.6) is 0 Å². The lowest BCUT2D eigenvalue weighted by molar-refractivity contribution is 0.0463. The van der Waals surface area contributed by atoms with Crippen LogP contribution in [0.1, 0.15) is 26.2 Å². The molecular formula is C12H26O4S4. The van der Waals surface area contributed by atoms with E-state index in [0.29, 0.717) is 0 Å². The van der Waals surface area contributed by atoms with E-state index in [1.165, 1.54) is 48.2 Å². The van der Waals surface area contributed by atoms with Crippen molar-refractivity contribution in [1.82, 2.24) is 0 Å². The molecule has 0 aromatic rings. The zero-order valence-electron chi connectivity index (χ0n) is 12.8. The summed E-state index contributed by atoms with van der Waals surface area (Å²) in [4.78, 5) is 0. The van der Waals surface area contributed by atoms with E-state index in [1.54, 1.807) is 0 Å². The van der Waals surface area contributed by atoms with E-state index in [1.807, 2.05) is 25.0 Å². The third kappa shape index (κ3) is 10.9. The molecule has 0 saturated carbocycles. The molecular weight excluding hydrogens is 336 g/mol. The highest BCUT2D eigenvalue weighted by Crippen LogP contribution is 2.24. The van der Waals surface area contributed by atoms with E-state index in [-0.39, 0.29) is 18.3 Å². The van der Waals surface area contributed by atoms with Crippen molar-refractivity contribution in [3.8, 4) is 0 Å². The Morgan fingerprint density at radius 1 is 0.800 bits per heavy atom. The van der Waals surface area contributed by atoms with E-state index >= 15 is 0 Å². The van der Waals surface area contributed by atoms with Crippen LogP contribution in [0.25, 0.3) is 0 Å².